The van der Waals surface area contributed by atoms with Gasteiger partial charge in [0.05, 0.1) is 18.1 Å². The molecule has 0 spiro atoms. The van der Waals surface area contributed by atoms with Crippen LogP contribution in [0.4, 0.5) is 0 Å². The second-order valence-electron chi connectivity index (χ2n) is 8.12. The minimum atomic E-state index is -0.374. The highest BCUT2D eigenvalue weighted by Crippen LogP contribution is 2.26. The molecule has 0 bridgehead atoms. The highest BCUT2D eigenvalue weighted by Gasteiger charge is 2.37. The van der Waals surface area contributed by atoms with Crippen LogP contribution >= 0.6 is 23.4 Å². The lowest BCUT2D eigenvalue weighted by Crippen LogP contribution is -2.47. The molecule has 0 aliphatic carbocycles. The van der Waals surface area contributed by atoms with Crippen LogP contribution in [0.1, 0.15) is 35.2 Å². The Balaban J connectivity index is 1.46. The van der Waals surface area contributed by atoms with Gasteiger partial charge < -0.3 is 9.80 Å². The molecule has 8 heteroatoms. The molecule has 2 amide bonds. The maximum absolute atomic E-state index is 12.9. The molecule has 1 aromatic heterocycles. The number of hydrogen-bond acceptors (Lipinski definition) is 4. The van der Waals surface area contributed by atoms with Crippen LogP contribution in [0, 0.1) is 13.8 Å². The Morgan fingerprint density at radius 2 is 1.90 bits per heavy atom. The Bertz CT molecular complexity index is 996. The third-order valence-corrected chi connectivity index (χ3v) is 7.23. The summed E-state index contributed by atoms with van der Waals surface area (Å²) in [5.41, 5.74) is 3.81. The molecule has 2 fully saturated rings. The summed E-state index contributed by atoms with van der Waals surface area (Å²) >= 11 is 8.20. The fourth-order valence-corrected chi connectivity index (χ4v) is 5.44. The fourth-order valence-electron chi connectivity index (χ4n) is 3.99. The monoisotopic (exact) mass is 458 g/mol. The molecule has 4 rings (SSSR count). The van der Waals surface area contributed by atoms with Crippen LogP contribution in [0.5, 0.6) is 0 Å². The first-order chi connectivity index (χ1) is 14.9. The van der Waals surface area contributed by atoms with E-state index in [2.05, 4.69) is 36.3 Å². The number of aromatic nitrogens is 2. The summed E-state index contributed by atoms with van der Waals surface area (Å²) in [4.78, 5) is 29.2. The zero-order valence-corrected chi connectivity index (χ0v) is 19.5. The van der Waals surface area contributed by atoms with E-state index >= 15 is 0 Å². The van der Waals surface area contributed by atoms with Crippen LogP contribution < -0.4 is 0 Å². The number of benzene rings is 1. The van der Waals surface area contributed by atoms with Gasteiger partial charge in [0.2, 0.25) is 11.8 Å². The molecule has 1 aromatic carbocycles. The van der Waals surface area contributed by atoms with Gasteiger partial charge in [0.15, 0.2) is 0 Å². The van der Waals surface area contributed by atoms with Gasteiger partial charge in [-0.3, -0.25) is 9.59 Å². The van der Waals surface area contributed by atoms with Crippen molar-refractivity contribution in [3.8, 4) is 0 Å². The normalized spacial score (nSPS) is 19.0. The zero-order valence-electron chi connectivity index (χ0n) is 17.9. The molecule has 0 saturated carbocycles. The van der Waals surface area contributed by atoms with Crippen LogP contribution in [0.2, 0.25) is 5.15 Å². The molecule has 2 aliphatic rings. The molecular weight excluding hydrogens is 432 g/mol. The quantitative estimate of drug-likeness (QED) is 0.640. The number of likely N-dealkylation sites (tertiary alicyclic amines) is 1. The van der Waals surface area contributed by atoms with Crippen LogP contribution in [0.3, 0.4) is 0 Å². The van der Waals surface area contributed by atoms with E-state index in [1.165, 1.54) is 11.6 Å². The average Bonchev–Trinajstić information content (AvgIpc) is 3.50. The van der Waals surface area contributed by atoms with E-state index in [0.29, 0.717) is 23.3 Å². The van der Waals surface area contributed by atoms with Crippen molar-refractivity contribution in [3.05, 3.63) is 57.9 Å². The molecule has 0 radical (unpaired) electrons. The number of carbonyl (C=O) groups is 2. The average molecular weight is 459 g/mol. The molecule has 2 aliphatic heterocycles. The van der Waals surface area contributed by atoms with Gasteiger partial charge in [-0.15, -0.1) is 11.8 Å². The maximum atomic E-state index is 12.9. The van der Waals surface area contributed by atoms with E-state index in [9.17, 15) is 9.59 Å². The van der Waals surface area contributed by atoms with Crippen LogP contribution in [-0.2, 0) is 16.1 Å². The number of nitrogens with zero attached hydrogens (tertiary/aromatic N) is 4. The summed E-state index contributed by atoms with van der Waals surface area (Å²) in [6, 6.07) is 7.87. The third kappa shape index (κ3) is 4.83. The SMILES string of the molecule is Cc1ccc(Cn2nc(C)c(/C=C/C(=O)N3CSCC3C(=O)N3CCCC3)c2Cl)cc1. The Labute approximate surface area is 192 Å². The summed E-state index contributed by atoms with van der Waals surface area (Å²) in [5, 5.41) is 5.04. The van der Waals surface area contributed by atoms with Gasteiger partial charge in [-0.1, -0.05) is 41.4 Å². The fraction of sp³-hybridized carbons (Fsp3) is 0.435. The topological polar surface area (TPSA) is 58.4 Å². The molecule has 2 saturated heterocycles. The van der Waals surface area contributed by atoms with E-state index in [1.807, 2.05) is 11.8 Å². The van der Waals surface area contributed by atoms with Crippen molar-refractivity contribution in [1.82, 2.24) is 19.6 Å². The molecule has 164 valence electrons. The molecule has 6 nitrogen and oxygen atoms in total. The van der Waals surface area contributed by atoms with E-state index < -0.39 is 0 Å². The Morgan fingerprint density at radius 3 is 2.61 bits per heavy atom. The summed E-state index contributed by atoms with van der Waals surface area (Å²) < 4.78 is 1.75. The molecular formula is C23H27ClN4O2S. The van der Waals surface area contributed by atoms with Gasteiger partial charge in [0, 0.05) is 30.5 Å². The first-order valence-corrected chi connectivity index (χ1v) is 12.1. The number of thioether (sulfide) groups is 1. The van der Waals surface area contributed by atoms with Gasteiger partial charge >= 0.3 is 0 Å². The lowest BCUT2D eigenvalue weighted by molar-refractivity contribution is -0.140. The smallest absolute Gasteiger partial charge is 0.247 e. The van der Waals surface area contributed by atoms with E-state index in [-0.39, 0.29) is 17.9 Å². The molecule has 31 heavy (non-hydrogen) atoms. The number of amides is 2. The Hall–Kier alpha value is -2.25. The molecule has 3 heterocycles. The standard InChI is InChI=1S/C23H27ClN4O2S/c1-16-5-7-18(8-6-16)13-28-22(24)19(17(2)25-28)9-10-21(29)27-15-31-14-20(27)23(30)26-11-3-4-12-26/h5-10,20H,3-4,11-15H2,1-2H3/b10-9+. The lowest BCUT2D eigenvalue weighted by Gasteiger charge is -2.26. The van der Waals surface area contributed by atoms with Crippen LogP contribution in [0.25, 0.3) is 6.08 Å². The van der Waals surface area contributed by atoms with E-state index in [0.717, 1.165) is 42.8 Å². The summed E-state index contributed by atoms with van der Waals surface area (Å²) in [7, 11) is 0. The van der Waals surface area contributed by atoms with Gasteiger partial charge in [-0.25, -0.2) is 4.68 Å². The van der Waals surface area contributed by atoms with Crippen molar-refractivity contribution in [2.75, 3.05) is 24.7 Å². The lowest BCUT2D eigenvalue weighted by atomic mass is 10.1. The van der Waals surface area contributed by atoms with Gasteiger partial charge in [-0.2, -0.15) is 5.10 Å². The second kappa shape index (κ2) is 9.49. The Morgan fingerprint density at radius 1 is 1.19 bits per heavy atom. The highest BCUT2D eigenvalue weighted by atomic mass is 35.5. The van der Waals surface area contributed by atoms with Crippen molar-refractivity contribution < 1.29 is 9.59 Å². The van der Waals surface area contributed by atoms with Crippen molar-refractivity contribution in [2.45, 2.75) is 39.3 Å². The number of hydrogen-bond donors (Lipinski definition) is 0. The molecule has 1 atom stereocenters. The maximum Gasteiger partial charge on any atom is 0.247 e. The largest absolute Gasteiger partial charge is 0.341 e. The van der Waals surface area contributed by atoms with Crippen molar-refractivity contribution in [3.63, 3.8) is 0 Å². The van der Waals surface area contributed by atoms with Gasteiger partial charge in [-0.05, 0) is 38.3 Å². The molecule has 2 aromatic rings. The van der Waals surface area contributed by atoms with Crippen molar-refractivity contribution >= 4 is 41.3 Å². The summed E-state index contributed by atoms with van der Waals surface area (Å²) in [5.74, 6) is 1.10. The Kier molecular flexibility index (Phi) is 6.72. The predicted molar refractivity (Wildman–Crippen MR) is 125 cm³/mol. The number of rotatable bonds is 5. The van der Waals surface area contributed by atoms with Crippen molar-refractivity contribution in [2.24, 2.45) is 0 Å². The van der Waals surface area contributed by atoms with E-state index in [4.69, 9.17) is 11.6 Å². The molecule has 1 unspecified atom stereocenters. The number of aryl methyl sites for hydroxylation is 2. The predicted octanol–water partition coefficient (Wildman–Crippen LogP) is 3.74. The first kappa shape index (κ1) is 22.0. The minimum Gasteiger partial charge on any atom is -0.341 e. The number of carbonyl (C=O) groups excluding carboxylic acids is 2. The third-order valence-electron chi connectivity index (χ3n) is 5.82. The first-order valence-electron chi connectivity index (χ1n) is 10.6. The van der Waals surface area contributed by atoms with Crippen molar-refractivity contribution in [1.29, 1.82) is 0 Å². The minimum absolute atomic E-state index is 0.0735. The van der Waals surface area contributed by atoms with Gasteiger partial charge in [0.25, 0.3) is 0 Å². The summed E-state index contributed by atoms with van der Waals surface area (Å²) in [6.07, 6.45) is 5.33. The zero-order chi connectivity index (χ0) is 22.0. The van der Waals surface area contributed by atoms with Crippen LogP contribution in [-0.4, -0.2) is 62.2 Å². The van der Waals surface area contributed by atoms with Gasteiger partial charge in [0.1, 0.15) is 11.2 Å². The summed E-state index contributed by atoms with van der Waals surface area (Å²) in [6.45, 7) is 6.10. The van der Waals surface area contributed by atoms with E-state index in [1.54, 1.807) is 27.4 Å². The highest BCUT2D eigenvalue weighted by molar-refractivity contribution is 7.99. The van der Waals surface area contributed by atoms with Crippen LogP contribution in [0.15, 0.2) is 30.3 Å². The number of halogens is 1. The molecule has 0 N–H and O–H groups in total. The second-order valence-corrected chi connectivity index (χ2v) is 9.48.